The maximum absolute atomic E-state index is 12.6. The molecule has 0 unspecified atom stereocenters. The van der Waals surface area contributed by atoms with E-state index in [0.717, 1.165) is 56.2 Å². The number of ether oxygens (including phenoxy) is 1. The van der Waals surface area contributed by atoms with Crippen LogP contribution in [0.4, 0.5) is 18.0 Å². The zero-order valence-electron chi connectivity index (χ0n) is 16.7. The lowest BCUT2D eigenvalue weighted by Gasteiger charge is -2.29. The molecule has 1 aromatic carbocycles. The van der Waals surface area contributed by atoms with Crippen LogP contribution in [0.1, 0.15) is 31.2 Å². The molecule has 1 aliphatic rings. The molecule has 0 bridgehead atoms. The number of halogens is 3. The van der Waals surface area contributed by atoms with E-state index in [9.17, 15) is 26.4 Å². The van der Waals surface area contributed by atoms with Gasteiger partial charge in [-0.3, -0.25) is 4.18 Å². The van der Waals surface area contributed by atoms with Crippen molar-refractivity contribution < 1.29 is 35.3 Å². The lowest BCUT2D eigenvalue weighted by Crippen LogP contribution is -2.35. The zero-order valence-corrected chi connectivity index (χ0v) is 17.6. The molecule has 6 nitrogen and oxygen atoms in total. The number of carbonyl (C=O) groups excluding carboxylic acids is 1. The highest BCUT2D eigenvalue weighted by molar-refractivity contribution is 7.86. The predicted octanol–water partition coefficient (Wildman–Crippen LogP) is 3.92. The molecule has 2 rings (SSSR count). The molecule has 10 heteroatoms. The first-order valence-electron chi connectivity index (χ1n) is 9.37. The van der Waals surface area contributed by atoms with Gasteiger partial charge < -0.3 is 9.64 Å². The number of hydrogen-bond acceptors (Lipinski definition) is 5. The second kappa shape index (κ2) is 10.2. The van der Waals surface area contributed by atoms with E-state index >= 15 is 0 Å². The van der Waals surface area contributed by atoms with Crippen LogP contribution in [0, 0.1) is 23.7 Å². The van der Waals surface area contributed by atoms with Crippen LogP contribution in [-0.4, -0.2) is 45.9 Å². The number of hydrogen-bond donors (Lipinski definition) is 0. The van der Waals surface area contributed by atoms with Crippen molar-refractivity contribution in [3.8, 4) is 17.6 Å². The molecule has 1 fully saturated rings. The van der Waals surface area contributed by atoms with E-state index in [1.54, 1.807) is 7.05 Å². The zero-order chi connectivity index (χ0) is 22.4. The molecule has 1 amide bonds. The Labute approximate surface area is 174 Å². The number of amides is 1. The summed E-state index contributed by atoms with van der Waals surface area (Å²) in [5, 5.41) is 0. The molecule has 0 N–H and O–H groups in total. The van der Waals surface area contributed by atoms with Crippen LogP contribution in [0.3, 0.4) is 0 Å². The molecule has 0 spiro atoms. The fourth-order valence-electron chi connectivity index (χ4n) is 3.16. The van der Waals surface area contributed by atoms with Gasteiger partial charge in [-0.2, -0.15) is 21.6 Å². The van der Waals surface area contributed by atoms with Gasteiger partial charge in [-0.1, -0.05) is 11.8 Å². The third-order valence-corrected chi connectivity index (χ3v) is 5.27. The Morgan fingerprint density at radius 3 is 2.30 bits per heavy atom. The Balaban J connectivity index is 1.75. The number of benzene rings is 1. The molecule has 0 aromatic heterocycles. The van der Waals surface area contributed by atoms with Gasteiger partial charge in [0.1, 0.15) is 12.4 Å². The van der Waals surface area contributed by atoms with Crippen molar-refractivity contribution in [1.82, 2.24) is 4.90 Å². The van der Waals surface area contributed by atoms with Gasteiger partial charge in [0.25, 0.3) is 10.1 Å². The average Bonchev–Trinajstić information content (AvgIpc) is 2.65. The summed E-state index contributed by atoms with van der Waals surface area (Å²) in [5.41, 5.74) is -0.807. The maximum Gasteiger partial charge on any atom is 0.416 e. The summed E-state index contributed by atoms with van der Waals surface area (Å²) < 4.78 is 69.2. The second-order valence-corrected chi connectivity index (χ2v) is 8.92. The summed E-state index contributed by atoms with van der Waals surface area (Å²) in [5.74, 6) is 6.21. The van der Waals surface area contributed by atoms with E-state index in [0.29, 0.717) is 6.54 Å². The minimum absolute atomic E-state index is 0.0511. The summed E-state index contributed by atoms with van der Waals surface area (Å²) in [6, 6.07) is 3.97. The fourth-order valence-corrected chi connectivity index (χ4v) is 3.44. The van der Waals surface area contributed by atoms with E-state index in [2.05, 4.69) is 16.0 Å². The Hall–Kier alpha value is -2.25. The number of rotatable bonds is 5. The van der Waals surface area contributed by atoms with Crippen molar-refractivity contribution in [2.45, 2.75) is 31.9 Å². The topological polar surface area (TPSA) is 72.9 Å². The lowest BCUT2D eigenvalue weighted by molar-refractivity contribution is -0.137. The van der Waals surface area contributed by atoms with E-state index in [4.69, 9.17) is 4.74 Å². The van der Waals surface area contributed by atoms with Crippen LogP contribution in [0.5, 0.6) is 5.75 Å². The molecule has 0 atom stereocenters. The van der Waals surface area contributed by atoms with Gasteiger partial charge in [-0.15, -0.1) is 0 Å². The van der Waals surface area contributed by atoms with Crippen LogP contribution >= 0.6 is 0 Å². The van der Waals surface area contributed by atoms with E-state index in [1.165, 1.54) is 4.90 Å². The van der Waals surface area contributed by atoms with Crippen LogP contribution in [-0.2, 0) is 20.5 Å². The van der Waals surface area contributed by atoms with Crippen molar-refractivity contribution in [2.24, 2.45) is 11.8 Å². The standard InChI is InChI=1S/C20H24F3NO5S/c1-24(19(25)29-18-11-9-17(10-12-18)20(21,22)23)14-16-7-5-15(6-8-16)4-3-13-28-30(2,26)27/h9-12,15-16H,5-8,13-14H2,1-2H3/t15-,16-. The molecule has 166 valence electrons. The number of alkyl halides is 3. The predicted molar refractivity (Wildman–Crippen MR) is 104 cm³/mol. The summed E-state index contributed by atoms with van der Waals surface area (Å²) in [6.45, 7) is 0.314. The van der Waals surface area contributed by atoms with Crippen molar-refractivity contribution >= 4 is 16.2 Å². The summed E-state index contributed by atoms with van der Waals surface area (Å²) in [7, 11) is -1.91. The van der Waals surface area contributed by atoms with Crippen LogP contribution in [0.25, 0.3) is 0 Å². The van der Waals surface area contributed by atoms with Gasteiger partial charge in [0.05, 0.1) is 11.8 Å². The summed E-state index contributed by atoms with van der Waals surface area (Å²) >= 11 is 0. The molecule has 30 heavy (non-hydrogen) atoms. The van der Waals surface area contributed by atoms with Crippen molar-refractivity contribution in [3.63, 3.8) is 0 Å². The van der Waals surface area contributed by atoms with Crippen LogP contribution < -0.4 is 4.74 Å². The summed E-state index contributed by atoms with van der Waals surface area (Å²) in [4.78, 5) is 13.6. The van der Waals surface area contributed by atoms with Gasteiger partial charge in [0, 0.05) is 19.5 Å². The van der Waals surface area contributed by atoms with E-state index in [-0.39, 0.29) is 24.2 Å². The van der Waals surface area contributed by atoms with Gasteiger partial charge >= 0.3 is 12.3 Å². The highest BCUT2D eigenvalue weighted by Gasteiger charge is 2.30. The van der Waals surface area contributed by atoms with Crippen molar-refractivity contribution in [3.05, 3.63) is 29.8 Å². The second-order valence-electron chi connectivity index (χ2n) is 7.28. The molecule has 1 aromatic rings. The number of nitrogens with zero attached hydrogens (tertiary/aromatic N) is 1. The van der Waals surface area contributed by atoms with Gasteiger partial charge in [0.15, 0.2) is 0 Å². The van der Waals surface area contributed by atoms with E-state index in [1.807, 2.05) is 0 Å². The lowest BCUT2D eigenvalue weighted by atomic mass is 9.82. The Kier molecular flexibility index (Phi) is 8.15. The van der Waals surface area contributed by atoms with E-state index < -0.39 is 28.0 Å². The molecule has 0 radical (unpaired) electrons. The van der Waals surface area contributed by atoms with Crippen molar-refractivity contribution in [2.75, 3.05) is 26.5 Å². The number of carbonyl (C=O) groups is 1. The van der Waals surface area contributed by atoms with Gasteiger partial charge in [-0.05, 0) is 55.9 Å². The van der Waals surface area contributed by atoms with Gasteiger partial charge in [-0.25, -0.2) is 4.79 Å². The van der Waals surface area contributed by atoms with Crippen LogP contribution in [0.2, 0.25) is 0 Å². The molecule has 0 aliphatic heterocycles. The minimum Gasteiger partial charge on any atom is -0.410 e. The normalized spacial score (nSPS) is 19.5. The SMILES string of the molecule is CN(C[C@H]1CC[C@H](C#CCOS(C)(=O)=O)CC1)C(=O)Oc1ccc(C(F)(F)F)cc1. The molecule has 0 heterocycles. The average molecular weight is 447 g/mol. The molecule has 0 saturated heterocycles. The molecular weight excluding hydrogens is 423 g/mol. The molecule has 1 saturated carbocycles. The fraction of sp³-hybridized carbons (Fsp3) is 0.550. The molecular formula is C20H24F3NO5S. The first kappa shape index (κ1) is 24.0. The summed E-state index contributed by atoms with van der Waals surface area (Å²) in [6.07, 6.45) is -0.734. The highest BCUT2D eigenvalue weighted by Crippen LogP contribution is 2.31. The molecule has 1 aliphatic carbocycles. The first-order chi connectivity index (χ1) is 13.9. The smallest absolute Gasteiger partial charge is 0.410 e. The maximum atomic E-state index is 12.6. The third kappa shape index (κ3) is 8.24. The minimum atomic E-state index is -4.44. The monoisotopic (exact) mass is 447 g/mol. The largest absolute Gasteiger partial charge is 0.416 e. The Morgan fingerprint density at radius 2 is 1.77 bits per heavy atom. The highest BCUT2D eigenvalue weighted by atomic mass is 32.2. The first-order valence-corrected chi connectivity index (χ1v) is 11.2. The van der Waals surface area contributed by atoms with Gasteiger partial charge in [0.2, 0.25) is 0 Å². The quantitative estimate of drug-likeness (QED) is 0.505. The Morgan fingerprint density at radius 1 is 1.17 bits per heavy atom. The Bertz CT molecular complexity index is 880. The van der Waals surface area contributed by atoms with Crippen LogP contribution in [0.15, 0.2) is 24.3 Å². The third-order valence-electron chi connectivity index (χ3n) is 4.73. The van der Waals surface area contributed by atoms with Crippen molar-refractivity contribution in [1.29, 1.82) is 0 Å².